The fourth-order valence-electron chi connectivity index (χ4n) is 2.94. The van der Waals surface area contributed by atoms with Crippen molar-refractivity contribution in [2.24, 2.45) is 0 Å². The summed E-state index contributed by atoms with van der Waals surface area (Å²) < 4.78 is 0. The number of anilines is 1. The number of nitrogens with one attached hydrogen (secondary N) is 2. The van der Waals surface area contributed by atoms with Gasteiger partial charge in [-0.05, 0) is 43.5 Å². The van der Waals surface area contributed by atoms with Crippen LogP contribution in [0.1, 0.15) is 31.2 Å². The largest absolute Gasteiger partial charge is 0.351 e. The maximum Gasteiger partial charge on any atom is 0.237 e. The summed E-state index contributed by atoms with van der Waals surface area (Å²) in [5.74, 6) is 0.273. The highest BCUT2D eigenvalue weighted by Gasteiger charge is 2.22. The highest BCUT2D eigenvalue weighted by molar-refractivity contribution is 5.95. The molecule has 0 aliphatic carbocycles. The van der Waals surface area contributed by atoms with Crippen molar-refractivity contribution in [1.82, 2.24) is 10.6 Å². The van der Waals surface area contributed by atoms with E-state index in [1.807, 2.05) is 29.2 Å². The molecule has 0 spiro atoms. The Hall–Kier alpha value is -1.88. The van der Waals surface area contributed by atoms with Crippen LogP contribution in [0.5, 0.6) is 0 Å². The zero-order chi connectivity index (χ0) is 14.7. The Kier molecular flexibility index (Phi) is 4.20. The molecule has 2 aliphatic heterocycles. The van der Waals surface area contributed by atoms with Gasteiger partial charge in [-0.1, -0.05) is 12.1 Å². The quantitative estimate of drug-likeness (QED) is 0.874. The highest BCUT2D eigenvalue weighted by atomic mass is 16.2. The minimum atomic E-state index is -0.0357. The van der Waals surface area contributed by atoms with E-state index >= 15 is 0 Å². The van der Waals surface area contributed by atoms with Gasteiger partial charge in [-0.2, -0.15) is 0 Å². The second-order valence-electron chi connectivity index (χ2n) is 5.68. The Labute approximate surface area is 124 Å². The number of carbonyl (C=O) groups is 2. The van der Waals surface area contributed by atoms with Crippen LogP contribution >= 0.6 is 0 Å². The number of benzene rings is 1. The van der Waals surface area contributed by atoms with E-state index in [1.165, 1.54) is 0 Å². The van der Waals surface area contributed by atoms with Gasteiger partial charge in [-0.25, -0.2) is 0 Å². The monoisotopic (exact) mass is 287 g/mol. The van der Waals surface area contributed by atoms with Gasteiger partial charge in [0.1, 0.15) is 0 Å². The fourth-order valence-corrected chi connectivity index (χ4v) is 2.94. The van der Waals surface area contributed by atoms with Crippen LogP contribution in [-0.2, 0) is 16.1 Å². The number of amides is 2. The molecule has 0 aromatic heterocycles. The molecule has 0 bridgehead atoms. The molecular formula is C16H21N3O2. The van der Waals surface area contributed by atoms with E-state index < -0.39 is 0 Å². The molecule has 2 N–H and O–H groups in total. The third kappa shape index (κ3) is 3.24. The van der Waals surface area contributed by atoms with E-state index in [0.717, 1.165) is 43.6 Å². The first-order chi connectivity index (χ1) is 10.2. The maximum atomic E-state index is 11.9. The molecular weight excluding hydrogens is 266 g/mol. The molecule has 112 valence electrons. The smallest absolute Gasteiger partial charge is 0.237 e. The van der Waals surface area contributed by atoms with Gasteiger partial charge in [0.25, 0.3) is 0 Å². The molecule has 0 radical (unpaired) electrons. The number of hydrogen-bond donors (Lipinski definition) is 2. The van der Waals surface area contributed by atoms with E-state index in [1.54, 1.807) is 0 Å². The average Bonchev–Trinajstić information content (AvgIpc) is 3.17. The zero-order valence-electron chi connectivity index (χ0n) is 12.1. The summed E-state index contributed by atoms with van der Waals surface area (Å²) in [4.78, 5) is 25.4. The number of rotatable bonds is 4. The van der Waals surface area contributed by atoms with Gasteiger partial charge in [-0.15, -0.1) is 0 Å². The second-order valence-corrected chi connectivity index (χ2v) is 5.68. The Balaban J connectivity index is 1.54. The summed E-state index contributed by atoms with van der Waals surface area (Å²) in [6, 6.07) is 7.83. The zero-order valence-corrected chi connectivity index (χ0v) is 12.1. The van der Waals surface area contributed by atoms with Crippen molar-refractivity contribution in [2.45, 2.75) is 38.3 Å². The average molecular weight is 287 g/mol. The molecule has 2 heterocycles. The van der Waals surface area contributed by atoms with E-state index in [4.69, 9.17) is 0 Å². The van der Waals surface area contributed by atoms with Crippen molar-refractivity contribution in [3.05, 3.63) is 29.8 Å². The molecule has 3 rings (SSSR count). The van der Waals surface area contributed by atoms with Gasteiger partial charge >= 0.3 is 0 Å². The van der Waals surface area contributed by atoms with Crippen LogP contribution in [0.3, 0.4) is 0 Å². The molecule has 2 fully saturated rings. The van der Waals surface area contributed by atoms with Crippen LogP contribution in [0, 0.1) is 0 Å². The van der Waals surface area contributed by atoms with Crippen LogP contribution in [0.4, 0.5) is 5.69 Å². The van der Waals surface area contributed by atoms with Gasteiger partial charge < -0.3 is 15.5 Å². The molecule has 5 heteroatoms. The van der Waals surface area contributed by atoms with E-state index in [9.17, 15) is 9.59 Å². The fraction of sp³-hybridized carbons (Fsp3) is 0.500. The standard InChI is InChI=1S/C16H21N3O2/c20-15-4-2-10-19(15)13-7-5-12(6-8-13)11-18-16(21)14-3-1-9-17-14/h5-8,14,17H,1-4,9-11H2,(H,18,21). The lowest BCUT2D eigenvalue weighted by Crippen LogP contribution is -2.39. The normalized spacial score (nSPS) is 21.8. The molecule has 1 aromatic carbocycles. The first-order valence-electron chi connectivity index (χ1n) is 7.64. The van der Waals surface area contributed by atoms with Crippen molar-refractivity contribution >= 4 is 17.5 Å². The van der Waals surface area contributed by atoms with Gasteiger partial charge in [-0.3, -0.25) is 9.59 Å². The predicted octanol–water partition coefficient (Wildman–Crippen LogP) is 1.18. The number of hydrogen-bond acceptors (Lipinski definition) is 3. The Bertz CT molecular complexity index is 521. The van der Waals surface area contributed by atoms with Crippen molar-refractivity contribution in [1.29, 1.82) is 0 Å². The van der Waals surface area contributed by atoms with Crippen molar-refractivity contribution in [3.8, 4) is 0 Å². The van der Waals surface area contributed by atoms with E-state index in [0.29, 0.717) is 13.0 Å². The van der Waals surface area contributed by atoms with E-state index in [-0.39, 0.29) is 17.9 Å². The number of nitrogens with zero attached hydrogens (tertiary/aromatic N) is 1. The summed E-state index contributed by atoms with van der Waals surface area (Å²) >= 11 is 0. The Morgan fingerprint density at radius 3 is 2.71 bits per heavy atom. The van der Waals surface area contributed by atoms with Gasteiger partial charge in [0.05, 0.1) is 6.04 Å². The highest BCUT2D eigenvalue weighted by Crippen LogP contribution is 2.21. The minimum absolute atomic E-state index is 0.0357. The first-order valence-corrected chi connectivity index (χ1v) is 7.64. The molecule has 2 amide bonds. The summed E-state index contributed by atoms with van der Waals surface area (Å²) in [5, 5.41) is 6.14. The van der Waals surface area contributed by atoms with E-state index in [2.05, 4.69) is 10.6 Å². The topological polar surface area (TPSA) is 61.4 Å². The molecule has 1 aromatic rings. The molecule has 1 atom stereocenters. The minimum Gasteiger partial charge on any atom is -0.351 e. The van der Waals surface area contributed by atoms with Crippen LogP contribution in [0.25, 0.3) is 0 Å². The van der Waals surface area contributed by atoms with Crippen LogP contribution in [0.15, 0.2) is 24.3 Å². The van der Waals surface area contributed by atoms with Crippen LogP contribution < -0.4 is 15.5 Å². The lowest BCUT2D eigenvalue weighted by Gasteiger charge is -2.16. The summed E-state index contributed by atoms with van der Waals surface area (Å²) in [5.41, 5.74) is 2.00. The summed E-state index contributed by atoms with van der Waals surface area (Å²) in [6.07, 6.45) is 3.57. The molecule has 1 unspecified atom stereocenters. The molecule has 2 aliphatic rings. The SMILES string of the molecule is O=C(NCc1ccc(N2CCCC2=O)cc1)C1CCCN1. The van der Waals surface area contributed by atoms with Gasteiger partial charge in [0.2, 0.25) is 11.8 Å². The Morgan fingerprint density at radius 1 is 1.29 bits per heavy atom. The first kappa shape index (κ1) is 14.1. The predicted molar refractivity (Wildman–Crippen MR) is 80.9 cm³/mol. The lowest BCUT2D eigenvalue weighted by molar-refractivity contribution is -0.123. The third-order valence-electron chi connectivity index (χ3n) is 4.16. The van der Waals surface area contributed by atoms with Gasteiger partial charge in [0.15, 0.2) is 0 Å². The van der Waals surface area contributed by atoms with Crippen molar-refractivity contribution in [2.75, 3.05) is 18.0 Å². The number of carbonyl (C=O) groups excluding carboxylic acids is 2. The maximum absolute atomic E-state index is 11.9. The second kappa shape index (κ2) is 6.26. The molecule has 0 saturated carbocycles. The summed E-state index contributed by atoms with van der Waals surface area (Å²) in [7, 11) is 0. The molecule has 5 nitrogen and oxygen atoms in total. The molecule has 2 saturated heterocycles. The van der Waals surface area contributed by atoms with Gasteiger partial charge in [0, 0.05) is 25.2 Å². The Morgan fingerprint density at radius 2 is 2.10 bits per heavy atom. The molecule has 21 heavy (non-hydrogen) atoms. The van der Waals surface area contributed by atoms with Crippen LogP contribution in [0.2, 0.25) is 0 Å². The van der Waals surface area contributed by atoms with Crippen LogP contribution in [-0.4, -0.2) is 30.9 Å². The third-order valence-corrected chi connectivity index (χ3v) is 4.16. The van der Waals surface area contributed by atoms with Crippen molar-refractivity contribution < 1.29 is 9.59 Å². The lowest BCUT2D eigenvalue weighted by atomic mass is 10.1. The summed E-state index contributed by atoms with van der Waals surface area (Å²) in [6.45, 7) is 2.27. The van der Waals surface area contributed by atoms with Crippen molar-refractivity contribution in [3.63, 3.8) is 0 Å².